The van der Waals surface area contributed by atoms with Crippen molar-refractivity contribution in [3.8, 4) is 10.6 Å². The van der Waals surface area contributed by atoms with Crippen molar-refractivity contribution in [2.45, 2.75) is 6.92 Å². The Morgan fingerprint density at radius 2 is 2.10 bits per heavy atom. The van der Waals surface area contributed by atoms with Gasteiger partial charge >= 0.3 is 5.97 Å². The molecule has 100 valence electrons. The maximum absolute atomic E-state index is 11.5. The molecule has 2 aromatic heterocycles. The fraction of sp³-hybridized carbons (Fsp3) is 0.0667. The van der Waals surface area contributed by atoms with Crippen molar-refractivity contribution in [2.75, 3.05) is 0 Å². The van der Waals surface area contributed by atoms with Crippen molar-refractivity contribution >= 4 is 44.1 Å². The largest absolute Gasteiger partial charge is 0.478 e. The molecule has 0 radical (unpaired) electrons. The van der Waals surface area contributed by atoms with Crippen LogP contribution in [0.3, 0.4) is 0 Å². The molecule has 0 saturated heterocycles. The van der Waals surface area contributed by atoms with Crippen LogP contribution in [0.25, 0.3) is 21.5 Å². The summed E-state index contributed by atoms with van der Waals surface area (Å²) < 4.78 is 0.972. The molecule has 0 fully saturated rings. The molecule has 3 aromatic rings. The van der Waals surface area contributed by atoms with Crippen LogP contribution >= 0.6 is 27.3 Å². The smallest absolute Gasteiger partial charge is 0.336 e. The van der Waals surface area contributed by atoms with Crippen molar-refractivity contribution in [1.82, 2.24) is 4.98 Å². The van der Waals surface area contributed by atoms with Gasteiger partial charge in [0.2, 0.25) is 0 Å². The van der Waals surface area contributed by atoms with Crippen LogP contribution in [0.1, 0.15) is 15.9 Å². The van der Waals surface area contributed by atoms with E-state index in [2.05, 4.69) is 20.9 Å². The van der Waals surface area contributed by atoms with E-state index >= 15 is 0 Å². The summed E-state index contributed by atoms with van der Waals surface area (Å²) in [6.07, 6.45) is 0. The molecular formula is C15H10BrNO2S. The Morgan fingerprint density at radius 3 is 2.75 bits per heavy atom. The number of benzene rings is 1. The van der Waals surface area contributed by atoms with Crippen LogP contribution in [0.5, 0.6) is 0 Å². The number of carboxylic acid groups (broad SMARTS) is 1. The van der Waals surface area contributed by atoms with Gasteiger partial charge in [0.1, 0.15) is 0 Å². The minimum atomic E-state index is -0.931. The number of rotatable bonds is 2. The number of thiophene rings is 1. The summed E-state index contributed by atoms with van der Waals surface area (Å²) in [6.45, 7) is 1.94. The molecule has 5 heteroatoms. The molecule has 0 bridgehead atoms. The lowest BCUT2D eigenvalue weighted by atomic mass is 10.0. The predicted molar refractivity (Wildman–Crippen MR) is 84.5 cm³/mol. The Bertz CT molecular complexity index is 826. The van der Waals surface area contributed by atoms with E-state index in [1.54, 1.807) is 6.07 Å². The molecule has 2 heterocycles. The molecule has 0 spiro atoms. The minimum Gasteiger partial charge on any atom is -0.478 e. The highest BCUT2D eigenvalue weighted by atomic mass is 79.9. The first-order chi connectivity index (χ1) is 9.54. The molecular weight excluding hydrogens is 338 g/mol. The molecule has 0 amide bonds. The van der Waals surface area contributed by atoms with Crippen molar-refractivity contribution in [1.29, 1.82) is 0 Å². The van der Waals surface area contributed by atoms with E-state index in [9.17, 15) is 9.90 Å². The van der Waals surface area contributed by atoms with E-state index in [0.717, 1.165) is 14.9 Å². The number of halogens is 1. The summed E-state index contributed by atoms with van der Waals surface area (Å²) >= 11 is 4.93. The van der Waals surface area contributed by atoms with E-state index < -0.39 is 5.97 Å². The first-order valence-electron chi connectivity index (χ1n) is 5.94. The number of aryl methyl sites for hydroxylation is 1. The van der Waals surface area contributed by atoms with Gasteiger partial charge in [-0.15, -0.1) is 11.3 Å². The lowest BCUT2D eigenvalue weighted by molar-refractivity contribution is 0.0699. The van der Waals surface area contributed by atoms with Crippen LogP contribution < -0.4 is 0 Å². The number of hydrogen-bond acceptors (Lipinski definition) is 3. The standard InChI is InChI=1S/C15H10BrNO2S/c1-8-2-3-12-10(4-8)11(15(18)19)6-13(17-12)14-5-9(16)7-20-14/h2-7H,1H3,(H,18,19). The van der Waals surface area contributed by atoms with Crippen molar-refractivity contribution in [3.63, 3.8) is 0 Å². The third kappa shape index (κ3) is 2.34. The molecule has 1 N–H and O–H groups in total. The van der Waals surface area contributed by atoms with Crippen molar-refractivity contribution < 1.29 is 9.90 Å². The van der Waals surface area contributed by atoms with Gasteiger partial charge in [0.25, 0.3) is 0 Å². The second-order valence-corrected chi connectivity index (χ2v) is 6.34. The average molecular weight is 348 g/mol. The van der Waals surface area contributed by atoms with E-state index in [0.29, 0.717) is 22.2 Å². The van der Waals surface area contributed by atoms with Crippen LogP contribution in [0, 0.1) is 6.92 Å². The Hall–Kier alpha value is -1.72. The number of hydrogen-bond donors (Lipinski definition) is 1. The molecule has 0 aliphatic rings. The summed E-state index contributed by atoms with van der Waals surface area (Å²) in [5.74, 6) is -0.931. The SMILES string of the molecule is Cc1ccc2nc(-c3cc(Br)cs3)cc(C(=O)O)c2c1. The third-order valence-corrected chi connectivity index (χ3v) is 4.73. The number of fused-ring (bicyclic) bond motifs is 1. The minimum absolute atomic E-state index is 0.290. The van der Waals surface area contributed by atoms with Gasteiger partial charge in [-0.25, -0.2) is 9.78 Å². The molecule has 0 aliphatic carbocycles. The molecule has 20 heavy (non-hydrogen) atoms. The quantitative estimate of drug-likeness (QED) is 0.728. The van der Waals surface area contributed by atoms with Crippen LogP contribution in [0.2, 0.25) is 0 Å². The zero-order valence-corrected chi connectivity index (χ0v) is 13.0. The first kappa shape index (κ1) is 13.3. The van der Waals surface area contributed by atoms with Gasteiger partial charge in [0.15, 0.2) is 0 Å². The summed E-state index contributed by atoms with van der Waals surface area (Å²) in [5, 5.41) is 12.0. The summed E-state index contributed by atoms with van der Waals surface area (Å²) in [7, 11) is 0. The van der Waals surface area contributed by atoms with Crippen molar-refractivity contribution in [3.05, 3.63) is 51.3 Å². The van der Waals surface area contributed by atoms with E-state index in [1.807, 2.05) is 36.6 Å². The Kier molecular flexibility index (Phi) is 3.31. The number of nitrogens with zero attached hydrogens (tertiary/aromatic N) is 1. The average Bonchev–Trinajstić information content (AvgIpc) is 2.84. The van der Waals surface area contributed by atoms with Crippen LogP contribution in [0.4, 0.5) is 0 Å². The monoisotopic (exact) mass is 347 g/mol. The molecule has 3 rings (SSSR count). The topological polar surface area (TPSA) is 50.2 Å². The van der Waals surface area contributed by atoms with Crippen LogP contribution in [-0.4, -0.2) is 16.1 Å². The maximum atomic E-state index is 11.5. The lowest BCUT2D eigenvalue weighted by Crippen LogP contribution is -2.00. The fourth-order valence-electron chi connectivity index (χ4n) is 2.09. The molecule has 1 aromatic carbocycles. The molecule has 0 atom stereocenters. The summed E-state index contributed by atoms with van der Waals surface area (Å²) in [5.41, 5.74) is 2.70. The zero-order valence-electron chi connectivity index (χ0n) is 10.6. The van der Waals surface area contributed by atoms with E-state index in [4.69, 9.17) is 0 Å². The zero-order chi connectivity index (χ0) is 14.3. The highest BCUT2D eigenvalue weighted by molar-refractivity contribution is 9.10. The van der Waals surface area contributed by atoms with Gasteiger partial charge in [-0.3, -0.25) is 0 Å². The van der Waals surface area contributed by atoms with Gasteiger partial charge in [0.05, 0.1) is 21.7 Å². The van der Waals surface area contributed by atoms with Gasteiger partial charge in [0, 0.05) is 15.2 Å². The highest BCUT2D eigenvalue weighted by Crippen LogP contribution is 2.31. The maximum Gasteiger partial charge on any atom is 0.336 e. The van der Waals surface area contributed by atoms with Gasteiger partial charge in [-0.05, 0) is 47.1 Å². The van der Waals surface area contributed by atoms with Crippen LogP contribution in [0.15, 0.2) is 40.2 Å². The van der Waals surface area contributed by atoms with Gasteiger partial charge < -0.3 is 5.11 Å². The molecule has 3 nitrogen and oxygen atoms in total. The molecule has 0 aliphatic heterocycles. The predicted octanol–water partition coefficient (Wildman–Crippen LogP) is 4.73. The third-order valence-electron chi connectivity index (χ3n) is 3.01. The Morgan fingerprint density at radius 1 is 1.30 bits per heavy atom. The van der Waals surface area contributed by atoms with Gasteiger partial charge in [-0.2, -0.15) is 0 Å². The fourth-order valence-corrected chi connectivity index (χ4v) is 3.48. The number of aromatic nitrogens is 1. The van der Waals surface area contributed by atoms with Crippen LogP contribution in [-0.2, 0) is 0 Å². The highest BCUT2D eigenvalue weighted by Gasteiger charge is 2.14. The number of aromatic carboxylic acids is 1. The Balaban J connectivity index is 2.31. The van der Waals surface area contributed by atoms with E-state index in [1.165, 1.54) is 11.3 Å². The summed E-state index contributed by atoms with van der Waals surface area (Å²) in [6, 6.07) is 9.25. The van der Waals surface area contributed by atoms with E-state index in [-0.39, 0.29) is 0 Å². The normalized spacial score (nSPS) is 10.9. The van der Waals surface area contributed by atoms with Crippen molar-refractivity contribution in [2.24, 2.45) is 0 Å². The molecule has 0 unspecified atom stereocenters. The second-order valence-electron chi connectivity index (χ2n) is 4.51. The summed E-state index contributed by atoms with van der Waals surface area (Å²) in [4.78, 5) is 17.0. The van der Waals surface area contributed by atoms with Gasteiger partial charge in [-0.1, -0.05) is 11.6 Å². The number of carboxylic acids is 1. The molecule has 0 saturated carbocycles. The number of carbonyl (C=O) groups is 1. The second kappa shape index (κ2) is 5.00. The number of pyridine rings is 1. The lowest BCUT2D eigenvalue weighted by Gasteiger charge is -2.06. The Labute approximate surface area is 128 Å². The first-order valence-corrected chi connectivity index (χ1v) is 7.61.